The Balaban J connectivity index is 1.57. The molecule has 140 valence electrons. The summed E-state index contributed by atoms with van der Waals surface area (Å²) in [5.74, 6) is 0.276. The van der Waals surface area contributed by atoms with Gasteiger partial charge in [-0.3, -0.25) is 14.4 Å². The maximum Gasteiger partial charge on any atom is 0.228 e. The van der Waals surface area contributed by atoms with Gasteiger partial charge in [-0.1, -0.05) is 32.9 Å². The number of carbonyl (C=O) groups excluding carboxylic acids is 3. The second-order valence-electron chi connectivity index (χ2n) is 8.14. The summed E-state index contributed by atoms with van der Waals surface area (Å²) in [6.07, 6.45) is 1.57. The Morgan fingerprint density at radius 3 is 2.35 bits per heavy atom. The average Bonchev–Trinajstić information content (AvgIpc) is 2.60. The van der Waals surface area contributed by atoms with Crippen LogP contribution in [0, 0.1) is 5.41 Å². The number of hydrogen-bond donors (Lipinski definition) is 1. The first-order valence-corrected chi connectivity index (χ1v) is 9.23. The zero-order valence-corrected chi connectivity index (χ0v) is 15.8. The molecule has 3 rings (SSSR count). The van der Waals surface area contributed by atoms with E-state index in [0.29, 0.717) is 39.0 Å². The molecule has 2 heterocycles. The molecule has 0 aliphatic carbocycles. The lowest BCUT2D eigenvalue weighted by Crippen LogP contribution is -2.53. The molecule has 1 saturated heterocycles. The molecular formula is C20H27N3O3. The molecule has 0 bridgehead atoms. The van der Waals surface area contributed by atoms with Crippen molar-refractivity contribution in [2.75, 3.05) is 31.5 Å². The van der Waals surface area contributed by atoms with Gasteiger partial charge in [0, 0.05) is 43.7 Å². The van der Waals surface area contributed by atoms with Gasteiger partial charge >= 0.3 is 0 Å². The van der Waals surface area contributed by atoms with Crippen LogP contribution in [0.15, 0.2) is 18.2 Å². The minimum atomic E-state index is -0.384. The first-order chi connectivity index (χ1) is 12.2. The van der Waals surface area contributed by atoms with Gasteiger partial charge in [0.25, 0.3) is 0 Å². The molecular weight excluding hydrogens is 330 g/mol. The molecule has 1 N–H and O–H groups in total. The molecule has 1 aromatic rings. The van der Waals surface area contributed by atoms with Gasteiger partial charge in [0.1, 0.15) is 0 Å². The van der Waals surface area contributed by atoms with E-state index in [-0.39, 0.29) is 23.1 Å². The lowest BCUT2D eigenvalue weighted by molar-refractivity contribution is -0.144. The number of amides is 3. The molecule has 0 aromatic heterocycles. The Hall–Kier alpha value is -2.37. The maximum absolute atomic E-state index is 12.6. The highest BCUT2D eigenvalue weighted by Gasteiger charge is 2.30. The van der Waals surface area contributed by atoms with Crippen LogP contribution >= 0.6 is 0 Å². The van der Waals surface area contributed by atoms with Gasteiger partial charge in [-0.25, -0.2) is 0 Å². The summed E-state index contributed by atoms with van der Waals surface area (Å²) in [5.41, 5.74) is 2.53. The number of fused-ring (bicyclic) bond motifs is 1. The Morgan fingerprint density at radius 1 is 1.04 bits per heavy atom. The fourth-order valence-corrected chi connectivity index (χ4v) is 3.47. The predicted octanol–water partition coefficient (Wildman–Crippen LogP) is 1.83. The molecule has 26 heavy (non-hydrogen) atoms. The third-order valence-electron chi connectivity index (χ3n) is 4.98. The van der Waals surface area contributed by atoms with E-state index < -0.39 is 0 Å². The first-order valence-electron chi connectivity index (χ1n) is 9.23. The largest absolute Gasteiger partial charge is 0.339 e. The summed E-state index contributed by atoms with van der Waals surface area (Å²) < 4.78 is 0. The van der Waals surface area contributed by atoms with Crippen LogP contribution in [0.1, 0.15) is 38.3 Å². The highest BCUT2D eigenvalue weighted by atomic mass is 16.2. The van der Waals surface area contributed by atoms with Crippen molar-refractivity contribution in [3.8, 4) is 0 Å². The van der Waals surface area contributed by atoms with Crippen LogP contribution in [0.25, 0.3) is 0 Å². The number of hydrogen-bond acceptors (Lipinski definition) is 3. The number of piperazine rings is 1. The Kier molecular flexibility index (Phi) is 5.03. The lowest BCUT2D eigenvalue weighted by atomic mass is 9.94. The van der Waals surface area contributed by atoms with Crippen molar-refractivity contribution in [3.05, 3.63) is 29.3 Å². The van der Waals surface area contributed by atoms with Crippen LogP contribution in [-0.4, -0.2) is 53.7 Å². The summed E-state index contributed by atoms with van der Waals surface area (Å²) in [4.78, 5) is 40.1. The van der Waals surface area contributed by atoms with Crippen molar-refractivity contribution in [2.45, 2.75) is 40.0 Å². The van der Waals surface area contributed by atoms with Gasteiger partial charge in [0.05, 0.1) is 6.42 Å². The molecule has 6 heteroatoms. The summed E-state index contributed by atoms with van der Waals surface area (Å²) in [5, 5.41) is 2.86. The van der Waals surface area contributed by atoms with Crippen LogP contribution in [0.4, 0.5) is 5.69 Å². The monoisotopic (exact) mass is 357 g/mol. The summed E-state index contributed by atoms with van der Waals surface area (Å²) in [7, 11) is 0. The molecule has 0 radical (unpaired) electrons. The quantitative estimate of drug-likeness (QED) is 0.878. The van der Waals surface area contributed by atoms with E-state index in [4.69, 9.17) is 0 Å². The van der Waals surface area contributed by atoms with Crippen LogP contribution in [0.3, 0.4) is 0 Å². The Labute approximate surface area is 154 Å². The highest BCUT2D eigenvalue weighted by Crippen LogP contribution is 2.24. The molecule has 0 unspecified atom stereocenters. The number of aryl methyl sites for hydroxylation is 1. The average molecular weight is 357 g/mol. The standard InChI is InChI=1S/C20H27N3O3/c1-20(2,3)19(26)23-10-8-22(9-11-23)18(25)13-14-4-6-16-15(12-14)5-7-17(24)21-16/h4,6,12H,5,7-11,13H2,1-3H3,(H,21,24). The minimum Gasteiger partial charge on any atom is -0.339 e. The molecule has 0 spiro atoms. The zero-order valence-electron chi connectivity index (χ0n) is 15.8. The fraction of sp³-hybridized carbons (Fsp3) is 0.550. The second-order valence-corrected chi connectivity index (χ2v) is 8.14. The number of benzene rings is 1. The normalized spacial score (nSPS) is 17.6. The summed E-state index contributed by atoms with van der Waals surface area (Å²) in [6, 6.07) is 5.81. The van der Waals surface area contributed by atoms with Crippen molar-refractivity contribution in [1.29, 1.82) is 0 Å². The van der Waals surface area contributed by atoms with Gasteiger partial charge in [0.2, 0.25) is 17.7 Å². The molecule has 6 nitrogen and oxygen atoms in total. The number of rotatable bonds is 2. The van der Waals surface area contributed by atoms with Gasteiger partial charge in [0.15, 0.2) is 0 Å². The van der Waals surface area contributed by atoms with Crippen molar-refractivity contribution in [3.63, 3.8) is 0 Å². The summed E-state index contributed by atoms with van der Waals surface area (Å²) in [6.45, 7) is 8.13. The van der Waals surface area contributed by atoms with Crippen LogP contribution < -0.4 is 5.32 Å². The third-order valence-corrected chi connectivity index (χ3v) is 4.98. The first kappa shape index (κ1) is 18.4. The molecule has 2 aliphatic rings. The molecule has 3 amide bonds. The van der Waals surface area contributed by atoms with Crippen LogP contribution in [0.2, 0.25) is 0 Å². The van der Waals surface area contributed by atoms with Crippen LogP contribution in [0.5, 0.6) is 0 Å². The maximum atomic E-state index is 12.6. The number of anilines is 1. The van der Waals surface area contributed by atoms with Crippen molar-refractivity contribution >= 4 is 23.4 Å². The van der Waals surface area contributed by atoms with Crippen molar-refractivity contribution < 1.29 is 14.4 Å². The number of carbonyl (C=O) groups is 3. The van der Waals surface area contributed by atoms with Gasteiger partial charge in [-0.15, -0.1) is 0 Å². The van der Waals surface area contributed by atoms with Gasteiger partial charge < -0.3 is 15.1 Å². The number of nitrogens with zero attached hydrogens (tertiary/aromatic N) is 2. The van der Waals surface area contributed by atoms with Crippen LogP contribution in [-0.2, 0) is 27.2 Å². The minimum absolute atomic E-state index is 0.0454. The van der Waals surface area contributed by atoms with Gasteiger partial charge in [-0.2, -0.15) is 0 Å². The molecule has 1 fully saturated rings. The molecule has 0 atom stereocenters. The molecule has 0 saturated carbocycles. The predicted molar refractivity (Wildman–Crippen MR) is 99.7 cm³/mol. The van der Waals surface area contributed by atoms with E-state index in [1.165, 1.54) is 0 Å². The van der Waals surface area contributed by atoms with Crippen molar-refractivity contribution in [1.82, 2.24) is 9.80 Å². The molecule has 1 aromatic carbocycles. The van der Waals surface area contributed by atoms with Gasteiger partial charge in [-0.05, 0) is 23.6 Å². The Bertz CT molecular complexity index is 728. The smallest absolute Gasteiger partial charge is 0.228 e. The zero-order chi connectivity index (χ0) is 18.9. The highest BCUT2D eigenvalue weighted by molar-refractivity contribution is 5.94. The fourth-order valence-electron chi connectivity index (χ4n) is 3.47. The van der Waals surface area contributed by atoms with E-state index in [2.05, 4.69) is 5.32 Å². The van der Waals surface area contributed by atoms with E-state index >= 15 is 0 Å². The topological polar surface area (TPSA) is 69.7 Å². The SMILES string of the molecule is CC(C)(C)C(=O)N1CCN(C(=O)Cc2ccc3c(c2)CCC(=O)N3)CC1. The lowest BCUT2D eigenvalue weighted by Gasteiger charge is -2.37. The van der Waals surface area contributed by atoms with E-state index in [9.17, 15) is 14.4 Å². The Morgan fingerprint density at radius 2 is 1.69 bits per heavy atom. The van der Waals surface area contributed by atoms with Crippen molar-refractivity contribution in [2.24, 2.45) is 5.41 Å². The summed E-state index contributed by atoms with van der Waals surface area (Å²) >= 11 is 0. The van der Waals surface area contributed by atoms with E-state index in [1.807, 2.05) is 48.8 Å². The third kappa shape index (κ3) is 4.06. The van der Waals surface area contributed by atoms with E-state index in [1.54, 1.807) is 0 Å². The molecule has 2 aliphatic heterocycles. The second kappa shape index (κ2) is 7.09. The van der Waals surface area contributed by atoms with E-state index in [0.717, 1.165) is 23.2 Å². The number of nitrogens with one attached hydrogen (secondary N) is 1.